The summed E-state index contributed by atoms with van der Waals surface area (Å²) in [4.78, 5) is 2.81. The fourth-order valence-corrected chi connectivity index (χ4v) is 3.89. The van der Waals surface area contributed by atoms with Crippen LogP contribution in [0.25, 0.3) is 0 Å². The van der Waals surface area contributed by atoms with E-state index >= 15 is 0 Å². The second-order valence-electron chi connectivity index (χ2n) is 6.23. The van der Waals surface area contributed by atoms with E-state index in [1.807, 2.05) is 19.2 Å². The van der Waals surface area contributed by atoms with Gasteiger partial charge in [0.15, 0.2) is 0 Å². The van der Waals surface area contributed by atoms with Gasteiger partial charge in [0, 0.05) is 27.2 Å². The van der Waals surface area contributed by atoms with E-state index in [-0.39, 0.29) is 12.4 Å². The number of likely N-dealkylation sites (tertiary alicyclic amines) is 1. The average molecular weight is 362 g/mol. The zero-order valence-corrected chi connectivity index (χ0v) is 15.8. The number of nitrogens with one attached hydrogen (secondary N) is 1. The summed E-state index contributed by atoms with van der Waals surface area (Å²) in [7, 11) is 1.78. The average Bonchev–Trinajstić information content (AvgIpc) is 2.48. The number of rotatable bonds is 6. The van der Waals surface area contributed by atoms with Crippen molar-refractivity contribution in [2.24, 2.45) is 5.92 Å². The van der Waals surface area contributed by atoms with Crippen molar-refractivity contribution in [3.05, 3.63) is 29.8 Å². The molecule has 1 atom stereocenters. The van der Waals surface area contributed by atoms with E-state index in [0.717, 1.165) is 26.2 Å². The third-order valence-electron chi connectivity index (χ3n) is 4.20. The number of hydrogen-bond acceptors (Lipinski definition) is 4. The summed E-state index contributed by atoms with van der Waals surface area (Å²) in [6.07, 6.45) is 2.52. The summed E-state index contributed by atoms with van der Waals surface area (Å²) in [5.74, 6) is 0.715. The van der Waals surface area contributed by atoms with Gasteiger partial charge in [-0.15, -0.1) is 12.4 Å². The molecular weight excluding hydrogens is 334 g/mol. The van der Waals surface area contributed by atoms with E-state index in [1.54, 1.807) is 26.2 Å². The molecule has 132 valence electrons. The number of piperidine rings is 1. The molecule has 1 aliphatic heterocycles. The Kier molecular flexibility index (Phi) is 7.97. The van der Waals surface area contributed by atoms with Gasteiger partial charge in [0.05, 0.1) is 4.90 Å². The second kappa shape index (κ2) is 8.99. The summed E-state index contributed by atoms with van der Waals surface area (Å²) in [6.45, 7) is 4.19. The molecule has 1 unspecified atom stereocenters. The van der Waals surface area contributed by atoms with Crippen LogP contribution in [0.5, 0.6) is 0 Å². The molecule has 0 spiro atoms. The minimum Gasteiger partial charge on any atom is -0.319 e. The van der Waals surface area contributed by atoms with Gasteiger partial charge in [0.2, 0.25) is 10.0 Å². The van der Waals surface area contributed by atoms with Gasteiger partial charge in [-0.25, -0.2) is 12.7 Å². The molecule has 1 aromatic rings. The van der Waals surface area contributed by atoms with E-state index in [1.165, 1.54) is 22.7 Å². The highest BCUT2D eigenvalue weighted by Crippen LogP contribution is 2.19. The van der Waals surface area contributed by atoms with E-state index < -0.39 is 10.0 Å². The molecule has 23 heavy (non-hydrogen) atoms. The number of sulfonamides is 1. The highest BCUT2D eigenvalue weighted by atomic mass is 35.5. The lowest BCUT2D eigenvalue weighted by Crippen LogP contribution is -2.38. The lowest BCUT2D eigenvalue weighted by atomic mass is 9.97. The van der Waals surface area contributed by atoms with Gasteiger partial charge in [0.1, 0.15) is 0 Å². The summed E-state index contributed by atoms with van der Waals surface area (Å²) in [5, 5.41) is 3.26. The van der Waals surface area contributed by atoms with Crippen molar-refractivity contribution in [3.8, 4) is 0 Å². The van der Waals surface area contributed by atoms with Crippen LogP contribution in [0.4, 0.5) is 0 Å². The quantitative estimate of drug-likeness (QED) is 0.839. The maximum absolute atomic E-state index is 12.1. The van der Waals surface area contributed by atoms with Crippen LogP contribution in [-0.4, -0.2) is 58.4 Å². The normalized spacial score (nSPS) is 19.6. The van der Waals surface area contributed by atoms with Crippen molar-refractivity contribution in [2.75, 3.05) is 40.8 Å². The van der Waals surface area contributed by atoms with Crippen LogP contribution in [-0.2, 0) is 16.6 Å². The Morgan fingerprint density at radius 1 is 1.26 bits per heavy atom. The van der Waals surface area contributed by atoms with Crippen molar-refractivity contribution in [3.63, 3.8) is 0 Å². The van der Waals surface area contributed by atoms with Gasteiger partial charge in [0.25, 0.3) is 0 Å². The van der Waals surface area contributed by atoms with Crippen LogP contribution < -0.4 is 5.32 Å². The van der Waals surface area contributed by atoms with Gasteiger partial charge in [-0.05, 0) is 56.6 Å². The molecule has 1 heterocycles. The van der Waals surface area contributed by atoms with Crippen molar-refractivity contribution >= 4 is 22.4 Å². The molecule has 2 rings (SSSR count). The van der Waals surface area contributed by atoms with Gasteiger partial charge >= 0.3 is 0 Å². The van der Waals surface area contributed by atoms with Gasteiger partial charge in [-0.2, -0.15) is 0 Å². The van der Waals surface area contributed by atoms with Crippen LogP contribution in [0.1, 0.15) is 18.4 Å². The predicted molar refractivity (Wildman–Crippen MR) is 96.5 cm³/mol. The standard InChI is InChI=1S/C16H27N3O2S.ClH/c1-17-11-15-5-4-10-19(13-15)12-14-6-8-16(9-7-14)22(20,21)18(2)3;/h6-9,15,17H,4-5,10-13H2,1-3H3;1H. The number of halogens is 1. The van der Waals surface area contributed by atoms with Crippen molar-refractivity contribution in [1.29, 1.82) is 0 Å². The number of benzene rings is 1. The predicted octanol–water partition coefficient (Wildman–Crippen LogP) is 1.79. The highest BCUT2D eigenvalue weighted by Gasteiger charge is 2.20. The van der Waals surface area contributed by atoms with Crippen molar-refractivity contribution in [2.45, 2.75) is 24.3 Å². The first-order chi connectivity index (χ1) is 10.4. The Hall–Kier alpha value is -0.660. The third kappa shape index (κ3) is 5.43. The van der Waals surface area contributed by atoms with E-state index in [0.29, 0.717) is 10.8 Å². The molecule has 0 aromatic heterocycles. The Morgan fingerprint density at radius 3 is 2.48 bits per heavy atom. The largest absolute Gasteiger partial charge is 0.319 e. The molecule has 7 heteroatoms. The minimum atomic E-state index is -3.33. The zero-order valence-electron chi connectivity index (χ0n) is 14.2. The minimum absolute atomic E-state index is 0. The lowest BCUT2D eigenvalue weighted by Gasteiger charge is -2.32. The van der Waals surface area contributed by atoms with E-state index in [4.69, 9.17) is 0 Å². The Balaban J connectivity index is 0.00000264. The third-order valence-corrected chi connectivity index (χ3v) is 6.03. The molecule has 5 nitrogen and oxygen atoms in total. The van der Waals surface area contributed by atoms with Gasteiger partial charge in [-0.1, -0.05) is 12.1 Å². The van der Waals surface area contributed by atoms with Crippen LogP contribution in [0.3, 0.4) is 0 Å². The second-order valence-corrected chi connectivity index (χ2v) is 8.38. The molecule has 1 aromatic carbocycles. The summed E-state index contributed by atoms with van der Waals surface area (Å²) in [6, 6.07) is 7.27. The first-order valence-electron chi connectivity index (χ1n) is 7.82. The van der Waals surface area contributed by atoms with E-state index in [2.05, 4.69) is 10.2 Å². The molecule has 1 N–H and O–H groups in total. The molecule has 1 aliphatic rings. The Bertz CT molecular complexity index is 573. The maximum Gasteiger partial charge on any atom is 0.242 e. The van der Waals surface area contributed by atoms with Crippen molar-refractivity contribution in [1.82, 2.24) is 14.5 Å². The molecule has 0 saturated carbocycles. The molecule has 1 saturated heterocycles. The molecule has 1 fully saturated rings. The first kappa shape index (κ1) is 20.4. The van der Waals surface area contributed by atoms with Crippen LogP contribution in [0, 0.1) is 5.92 Å². The molecular formula is C16H28ClN3O2S. The Labute approximate surface area is 146 Å². The van der Waals surface area contributed by atoms with Gasteiger partial charge in [-0.3, -0.25) is 4.90 Å². The maximum atomic E-state index is 12.1. The van der Waals surface area contributed by atoms with Crippen LogP contribution in [0.2, 0.25) is 0 Å². The fraction of sp³-hybridized carbons (Fsp3) is 0.625. The highest BCUT2D eigenvalue weighted by molar-refractivity contribution is 7.89. The topological polar surface area (TPSA) is 52.7 Å². The molecule has 0 radical (unpaired) electrons. The number of hydrogen-bond donors (Lipinski definition) is 1. The Morgan fingerprint density at radius 2 is 1.91 bits per heavy atom. The summed E-state index contributed by atoms with van der Waals surface area (Å²) in [5.41, 5.74) is 1.17. The molecule has 0 amide bonds. The monoisotopic (exact) mass is 361 g/mol. The lowest BCUT2D eigenvalue weighted by molar-refractivity contribution is 0.167. The van der Waals surface area contributed by atoms with E-state index in [9.17, 15) is 8.42 Å². The zero-order chi connectivity index (χ0) is 16.2. The van der Waals surface area contributed by atoms with Gasteiger partial charge < -0.3 is 5.32 Å². The summed E-state index contributed by atoms with van der Waals surface area (Å²) < 4.78 is 25.4. The smallest absolute Gasteiger partial charge is 0.242 e. The molecule has 0 aliphatic carbocycles. The van der Waals surface area contributed by atoms with Crippen LogP contribution >= 0.6 is 12.4 Å². The first-order valence-corrected chi connectivity index (χ1v) is 9.26. The van der Waals surface area contributed by atoms with Crippen LogP contribution in [0.15, 0.2) is 29.2 Å². The molecule has 0 bridgehead atoms. The SMILES string of the molecule is CNCC1CCCN(Cc2ccc(S(=O)(=O)N(C)C)cc2)C1.Cl. The fourth-order valence-electron chi connectivity index (χ4n) is 2.99. The number of nitrogens with zero attached hydrogens (tertiary/aromatic N) is 2. The van der Waals surface area contributed by atoms with Crippen molar-refractivity contribution < 1.29 is 8.42 Å². The summed E-state index contributed by atoms with van der Waals surface area (Å²) >= 11 is 0.